The first-order chi connectivity index (χ1) is 12.5. The Bertz CT molecular complexity index is 441. The number of hydrogen-bond acceptors (Lipinski definition) is 5. The quantitative estimate of drug-likeness (QED) is 0.305. The average molecular weight is 370 g/mol. The molecule has 0 radical (unpaired) electrons. The number of carbonyl (C=O) groups is 2. The molecule has 0 aromatic heterocycles. The summed E-state index contributed by atoms with van der Waals surface area (Å²) < 4.78 is 10.6. The van der Waals surface area contributed by atoms with Crippen molar-refractivity contribution in [1.82, 2.24) is 4.90 Å². The molecule has 0 aromatic carbocycles. The number of carbonyl (C=O) groups excluding carboxylic acids is 1. The Hall–Kier alpha value is -1.40. The van der Waals surface area contributed by atoms with Gasteiger partial charge in [-0.3, -0.25) is 4.90 Å². The number of rotatable bonds is 13. The van der Waals surface area contributed by atoms with Crippen molar-refractivity contribution in [2.75, 3.05) is 39.5 Å². The fourth-order valence-corrected chi connectivity index (χ4v) is 2.96. The number of aliphatic carboxylic acids is 1. The number of nitrogens with zero attached hydrogens (tertiary/aromatic N) is 1. The molecule has 0 bridgehead atoms. The van der Waals surface area contributed by atoms with Crippen LogP contribution in [0.2, 0.25) is 0 Å². The molecule has 26 heavy (non-hydrogen) atoms. The smallest absolute Gasteiger partial charge is 0.334 e. The van der Waals surface area contributed by atoms with Crippen LogP contribution in [0, 0.1) is 5.92 Å². The van der Waals surface area contributed by atoms with E-state index in [1.165, 1.54) is 0 Å². The Labute approximate surface area is 157 Å². The summed E-state index contributed by atoms with van der Waals surface area (Å²) in [6, 6.07) is 0. The summed E-state index contributed by atoms with van der Waals surface area (Å²) in [5.74, 6) is -1.00. The first-order valence-corrected chi connectivity index (χ1v) is 9.89. The second-order valence-electron chi connectivity index (χ2n) is 7.30. The van der Waals surface area contributed by atoms with Gasteiger partial charge in [0.2, 0.25) is 0 Å². The molecule has 1 rings (SSSR count). The molecular formula is C20H35NO5. The molecular weight excluding hydrogens is 334 g/mol. The summed E-state index contributed by atoms with van der Waals surface area (Å²) in [6.07, 6.45) is 7.27. The van der Waals surface area contributed by atoms with E-state index in [4.69, 9.17) is 14.6 Å². The molecule has 150 valence electrons. The van der Waals surface area contributed by atoms with Crippen molar-refractivity contribution in [2.45, 2.75) is 58.8 Å². The van der Waals surface area contributed by atoms with Crippen molar-refractivity contribution in [2.24, 2.45) is 5.92 Å². The Kier molecular flexibility index (Phi) is 12.0. The third-order valence-corrected chi connectivity index (χ3v) is 4.49. The van der Waals surface area contributed by atoms with E-state index in [1.807, 2.05) is 0 Å². The van der Waals surface area contributed by atoms with Crippen molar-refractivity contribution in [3.8, 4) is 0 Å². The first-order valence-electron chi connectivity index (χ1n) is 9.89. The molecule has 1 saturated heterocycles. The van der Waals surface area contributed by atoms with Crippen LogP contribution < -0.4 is 0 Å². The summed E-state index contributed by atoms with van der Waals surface area (Å²) in [6.45, 7) is 9.34. The van der Waals surface area contributed by atoms with Crippen LogP contribution in [0.25, 0.3) is 0 Å². The normalized spacial score (nSPS) is 16.0. The van der Waals surface area contributed by atoms with E-state index in [0.29, 0.717) is 18.9 Å². The van der Waals surface area contributed by atoms with Gasteiger partial charge in [-0.2, -0.15) is 0 Å². The van der Waals surface area contributed by atoms with Gasteiger partial charge in [-0.15, -0.1) is 0 Å². The van der Waals surface area contributed by atoms with Crippen LogP contribution in [0.1, 0.15) is 58.8 Å². The molecule has 6 nitrogen and oxygen atoms in total. The first kappa shape index (κ1) is 22.6. The van der Waals surface area contributed by atoms with Gasteiger partial charge in [0.1, 0.15) is 0 Å². The van der Waals surface area contributed by atoms with Crippen molar-refractivity contribution >= 4 is 11.9 Å². The van der Waals surface area contributed by atoms with Crippen molar-refractivity contribution < 1.29 is 24.2 Å². The largest absolute Gasteiger partial charge is 0.478 e. The number of carboxylic acids is 1. The molecule has 1 fully saturated rings. The van der Waals surface area contributed by atoms with Crippen molar-refractivity contribution in [3.05, 3.63) is 11.6 Å². The summed E-state index contributed by atoms with van der Waals surface area (Å²) in [7, 11) is 0. The van der Waals surface area contributed by atoms with E-state index in [1.54, 1.807) is 0 Å². The van der Waals surface area contributed by atoms with Gasteiger partial charge in [0.25, 0.3) is 0 Å². The van der Waals surface area contributed by atoms with Gasteiger partial charge in [-0.25, -0.2) is 9.59 Å². The Morgan fingerprint density at radius 3 is 2.46 bits per heavy atom. The van der Waals surface area contributed by atoms with Gasteiger partial charge in [0.05, 0.1) is 19.8 Å². The van der Waals surface area contributed by atoms with Gasteiger partial charge in [0.15, 0.2) is 0 Å². The minimum absolute atomic E-state index is 0.273. The summed E-state index contributed by atoms with van der Waals surface area (Å²) in [5.41, 5.74) is 0.273. The van der Waals surface area contributed by atoms with E-state index in [-0.39, 0.29) is 5.57 Å². The molecule has 1 heterocycles. The number of morpholine rings is 1. The Morgan fingerprint density at radius 1 is 1.12 bits per heavy atom. The zero-order chi connectivity index (χ0) is 19.2. The SMILES string of the molecule is CC(C)CCCOC(=O)/C(=C/C(=O)O)CCCCCCN1CCOCC1. The predicted octanol–water partition coefficient (Wildman–Crippen LogP) is 3.26. The molecule has 1 N–H and O–H groups in total. The summed E-state index contributed by atoms with van der Waals surface area (Å²) in [4.78, 5) is 25.4. The fraction of sp³-hybridized carbons (Fsp3) is 0.800. The second kappa shape index (κ2) is 13.8. The molecule has 1 aliphatic heterocycles. The maximum absolute atomic E-state index is 12.1. The molecule has 1 aliphatic rings. The van der Waals surface area contributed by atoms with E-state index in [9.17, 15) is 9.59 Å². The molecule has 6 heteroatoms. The fourth-order valence-electron chi connectivity index (χ4n) is 2.96. The monoisotopic (exact) mass is 369 g/mol. The van der Waals surface area contributed by atoms with E-state index < -0.39 is 11.9 Å². The average Bonchev–Trinajstić information content (AvgIpc) is 2.60. The lowest BCUT2D eigenvalue weighted by Crippen LogP contribution is -2.36. The number of ether oxygens (including phenoxy) is 2. The molecule has 0 saturated carbocycles. The lowest BCUT2D eigenvalue weighted by molar-refractivity contribution is -0.140. The van der Waals surface area contributed by atoms with Crippen LogP contribution >= 0.6 is 0 Å². The molecule has 0 aromatic rings. The maximum Gasteiger partial charge on any atom is 0.334 e. The van der Waals surface area contributed by atoms with Crippen molar-refractivity contribution in [1.29, 1.82) is 0 Å². The number of unbranched alkanes of at least 4 members (excludes halogenated alkanes) is 3. The lowest BCUT2D eigenvalue weighted by atomic mass is 10.1. The standard InChI is InChI=1S/C20H35NO5/c1-17(2)8-7-13-26-20(24)18(16-19(22)23)9-5-3-4-6-10-21-11-14-25-15-12-21/h16-17H,3-15H2,1-2H3,(H,22,23)/b18-16+. The molecule has 0 unspecified atom stereocenters. The van der Waals surface area contributed by atoms with Crippen LogP contribution in [0.5, 0.6) is 0 Å². The molecule has 0 aliphatic carbocycles. The van der Waals surface area contributed by atoms with E-state index in [0.717, 1.165) is 77.4 Å². The van der Waals surface area contributed by atoms with Gasteiger partial charge in [-0.05, 0) is 44.6 Å². The van der Waals surface area contributed by atoms with Gasteiger partial charge in [0, 0.05) is 24.7 Å². The number of hydrogen-bond donors (Lipinski definition) is 1. The number of esters is 1. The highest BCUT2D eigenvalue weighted by atomic mass is 16.5. The van der Waals surface area contributed by atoms with E-state index >= 15 is 0 Å². The topological polar surface area (TPSA) is 76.1 Å². The molecule has 0 spiro atoms. The third-order valence-electron chi connectivity index (χ3n) is 4.49. The van der Waals surface area contributed by atoms with Crippen LogP contribution in [0.4, 0.5) is 0 Å². The van der Waals surface area contributed by atoms with Crippen LogP contribution in [0.15, 0.2) is 11.6 Å². The predicted molar refractivity (Wildman–Crippen MR) is 101 cm³/mol. The Morgan fingerprint density at radius 2 is 1.81 bits per heavy atom. The van der Waals surface area contributed by atoms with Crippen LogP contribution in [-0.4, -0.2) is 61.4 Å². The van der Waals surface area contributed by atoms with Crippen molar-refractivity contribution in [3.63, 3.8) is 0 Å². The second-order valence-corrected chi connectivity index (χ2v) is 7.30. The highest BCUT2D eigenvalue weighted by Gasteiger charge is 2.13. The molecule has 0 amide bonds. The number of carboxylic acid groups (broad SMARTS) is 1. The summed E-state index contributed by atoms with van der Waals surface area (Å²) in [5, 5.41) is 8.96. The van der Waals surface area contributed by atoms with Crippen LogP contribution in [-0.2, 0) is 19.1 Å². The maximum atomic E-state index is 12.1. The van der Waals surface area contributed by atoms with E-state index in [2.05, 4.69) is 18.7 Å². The van der Waals surface area contributed by atoms with Gasteiger partial charge in [-0.1, -0.05) is 26.7 Å². The minimum Gasteiger partial charge on any atom is -0.478 e. The minimum atomic E-state index is -1.09. The highest BCUT2D eigenvalue weighted by Crippen LogP contribution is 2.13. The zero-order valence-corrected chi connectivity index (χ0v) is 16.4. The van der Waals surface area contributed by atoms with Gasteiger partial charge < -0.3 is 14.6 Å². The van der Waals surface area contributed by atoms with Crippen LogP contribution in [0.3, 0.4) is 0 Å². The highest BCUT2D eigenvalue weighted by molar-refractivity contribution is 5.95. The lowest BCUT2D eigenvalue weighted by Gasteiger charge is -2.26. The zero-order valence-electron chi connectivity index (χ0n) is 16.4. The molecule has 0 atom stereocenters. The van der Waals surface area contributed by atoms with Gasteiger partial charge >= 0.3 is 11.9 Å². The Balaban J connectivity index is 2.20. The third kappa shape index (κ3) is 11.3. The summed E-state index contributed by atoms with van der Waals surface area (Å²) >= 11 is 0.